The van der Waals surface area contributed by atoms with Gasteiger partial charge in [0.25, 0.3) is 5.91 Å². The minimum atomic E-state index is -0.0849. The van der Waals surface area contributed by atoms with Crippen LogP contribution in [-0.4, -0.2) is 10.9 Å². The van der Waals surface area contributed by atoms with Gasteiger partial charge in [0, 0.05) is 16.3 Å². The summed E-state index contributed by atoms with van der Waals surface area (Å²) in [6, 6.07) is 16.7. The Balaban J connectivity index is 1.75. The lowest BCUT2D eigenvalue weighted by molar-refractivity contribution is 0.103. The number of benzene rings is 2. The van der Waals surface area contributed by atoms with Crippen LogP contribution >= 0.6 is 22.7 Å². The summed E-state index contributed by atoms with van der Waals surface area (Å²) in [5.74, 6) is -0.0849. The number of thiazole rings is 1. The fourth-order valence-corrected chi connectivity index (χ4v) is 4.45. The minimum absolute atomic E-state index is 0.0849. The molecule has 0 radical (unpaired) electrons. The number of nitrogens with one attached hydrogen (secondary N) is 1. The number of rotatable bonds is 4. The molecule has 0 aliphatic rings. The van der Waals surface area contributed by atoms with E-state index >= 15 is 0 Å². The smallest absolute Gasteiger partial charge is 0.267 e. The molecule has 0 aliphatic heterocycles. The largest absolute Gasteiger partial charge is 0.297 e. The molecule has 0 bridgehead atoms. The monoisotopic (exact) mass is 364 g/mol. The summed E-state index contributed by atoms with van der Waals surface area (Å²) in [4.78, 5) is 17.7. The van der Waals surface area contributed by atoms with E-state index in [2.05, 4.69) is 53.6 Å². The van der Waals surface area contributed by atoms with Crippen LogP contribution in [0.2, 0.25) is 0 Å². The van der Waals surface area contributed by atoms with E-state index in [1.807, 2.05) is 17.5 Å². The normalized spacial score (nSPS) is 10.9. The molecule has 4 aromatic rings. The van der Waals surface area contributed by atoms with E-state index in [-0.39, 0.29) is 5.91 Å². The molecule has 0 unspecified atom stereocenters. The molecule has 4 rings (SSSR count). The maximum absolute atomic E-state index is 12.8. The molecule has 25 heavy (non-hydrogen) atoms. The summed E-state index contributed by atoms with van der Waals surface area (Å²) in [5.41, 5.74) is 3.52. The van der Waals surface area contributed by atoms with Crippen molar-refractivity contribution in [1.29, 1.82) is 0 Å². The van der Waals surface area contributed by atoms with Crippen molar-refractivity contribution in [3.8, 4) is 0 Å². The van der Waals surface area contributed by atoms with E-state index in [1.165, 1.54) is 22.5 Å². The molecule has 5 heteroatoms. The molecule has 0 atom stereocenters. The maximum atomic E-state index is 12.8. The highest BCUT2D eigenvalue weighted by molar-refractivity contribution is 7.21. The molecule has 0 spiro atoms. The van der Waals surface area contributed by atoms with Crippen LogP contribution in [0.4, 0.5) is 5.13 Å². The summed E-state index contributed by atoms with van der Waals surface area (Å²) in [6.45, 7) is 2.08. The molecule has 0 fully saturated rings. The van der Waals surface area contributed by atoms with Crippen LogP contribution in [0.5, 0.6) is 0 Å². The Kier molecular flexibility index (Phi) is 4.34. The average Bonchev–Trinajstić information content (AvgIpc) is 3.25. The molecule has 3 nitrogen and oxygen atoms in total. The number of hydrogen-bond acceptors (Lipinski definition) is 4. The zero-order chi connectivity index (χ0) is 17.2. The number of anilines is 1. The Hall–Kier alpha value is -2.50. The number of amides is 1. The van der Waals surface area contributed by atoms with Crippen molar-refractivity contribution in [1.82, 2.24) is 4.98 Å². The van der Waals surface area contributed by atoms with Gasteiger partial charge in [-0.1, -0.05) is 48.0 Å². The third-order valence-electron chi connectivity index (χ3n) is 4.06. The second-order valence-corrected chi connectivity index (χ2v) is 7.81. The van der Waals surface area contributed by atoms with Crippen LogP contribution in [0.15, 0.2) is 60.1 Å². The summed E-state index contributed by atoms with van der Waals surface area (Å²) < 4.78 is 1.13. The molecule has 0 aliphatic carbocycles. The zero-order valence-electron chi connectivity index (χ0n) is 13.7. The lowest BCUT2D eigenvalue weighted by Crippen LogP contribution is -2.12. The Morgan fingerprint density at radius 1 is 1.12 bits per heavy atom. The zero-order valence-corrected chi connectivity index (χ0v) is 15.3. The van der Waals surface area contributed by atoms with Gasteiger partial charge in [-0.2, -0.15) is 0 Å². The van der Waals surface area contributed by atoms with E-state index in [0.29, 0.717) is 5.13 Å². The third-order valence-corrected chi connectivity index (χ3v) is 5.96. The van der Waals surface area contributed by atoms with Gasteiger partial charge in [-0.05, 0) is 35.9 Å². The first-order chi connectivity index (χ1) is 12.2. The number of hydrogen-bond donors (Lipinski definition) is 1. The fraction of sp³-hybridized carbons (Fsp3) is 0.100. The first-order valence-electron chi connectivity index (χ1n) is 7.97. The van der Waals surface area contributed by atoms with E-state index in [9.17, 15) is 4.79 Å². The SMILES string of the molecule is Cc1ccc(Cc2c(C(=O)Nc3nccs3)sc3ccccc23)cc1. The Labute approximate surface area is 154 Å². The molecular formula is C20H16N2OS2. The van der Waals surface area contributed by atoms with Crippen molar-refractivity contribution in [2.45, 2.75) is 13.3 Å². The van der Waals surface area contributed by atoms with Gasteiger partial charge in [0.2, 0.25) is 0 Å². The lowest BCUT2D eigenvalue weighted by Gasteiger charge is -2.06. The Morgan fingerprint density at radius 2 is 1.92 bits per heavy atom. The van der Waals surface area contributed by atoms with Crippen LogP contribution in [0.1, 0.15) is 26.4 Å². The second-order valence-electron chi connectivity index (χ2n) is 5.86. The van der Waals surface area contributed by atoms with Crippen LogP contribution in [-0.2, 0) is 6.42 Å². The lowest BCUT2D eigenvalue weighted by atomic mass is 10.0. The summed E-state index contributed by atoms with van der Waals surface area (Å²) in [5, 5.41) is 6.55. The van der Waals surface area contributed by atoms with Crippen LogP contribution in [0.3, 0.4) is 0 Å². The molecule has 124 valence electrons. The van der Waals surface area contributed by atoms with Gasteiger partial charge in [0.1, 0.15) is 0 Å². The fourth-order valence-electron chi connectivity index (χ4n) is 2.81. The molecular weight excluding hydrogens is 348 g/mol. The minimum Gasteiger partial charge on any atom is -0.297 e. The molecule has 0 saturated carbocycles. The molecule has 0 saturated heterocycles. The van der Waals surface area contributed by atoms with E-state index in [4.69, 9.17) is 0 Å². The summed E-state index contributed by atoms with van der Waals surface area (Å²) in [7, 11) is 0. The quantitative estimate of drug-likeness (QED) is 0.519. The highest BCUT2D eigenvalue weighted by atomic mass is 32.1. The van der Waals surface area contributed by atoms with Crippen LogP contribution in [0, 0.1) is 6.92 Å². The predicted molar refractivity (Wildman–Crippen MR) is 106 cm³/mol. The van der Waals surface area contributed by atoms with Gasteiger partial charge in [0.05, 0.1) is 4.88 Å². The average molecular weight is 364 g/mol. The molecule has 2 heterocycles. The highest BCUT2D eigenvalue weighted by Gasteiger charge is 2.19. The first kappa shape index (κ1) is 16.0. The van der Waals surface area contributed by atoms with Crippen molar-refractivity contribution >= 4 is 43.8 Å². The highest BCUT2D eigenvalue weighted by Crippen LogP contribution is 2.33. The maximum Gasteiger partial charge on any atom is 0.267 e. The van der Waals surface area contributed by atoms with E-state index in [1.54, 1.807) is 17.5 Å². The number of thiophene rings is 1. The van der Waals surface area contributed by atoms with Crippen molar-refractivity contribution in [2.75, 3.05) is 5.32 Å². The molecule has 1 amide bonds. The number of carbonyl (C=O) groups is 1. The van der Waals surface area contributed by atoms with Gasteiger partial charge in [-0.15, -0.1) is 22.7 Å². The van der Waals surface area contributed by atoms with Gasteiger partial charge in [-0.3, -0.25) is 10.1 Å². The Bertz CT molecular complexity index is 1020. The predicted octanol–water partition coefficient (Wildman–Crippen LogP) is 5.51. The van der Waals surface area contributed by atoms with Crippen LogP contribution < -0.4 is 5.32 Å². The van der Waals surface area contributed by atoms with E-state index < -0.39 is 0 Å². The number of fused-ring (bicyclic) bond motifs is 1. The van der Waals surface area contributed by atoms with Crippen molar-refractivity contribution in [3.63, 3.8) is 0 Å². The summed E-state index contributed by atoms with van der Waals surface area (Å²) in [6.07, 6.45) is 2.43. The van der Waals surface area contributed by atoms with E-state index in [0.717, 1.165) is 26.9 Å². The van der Waals surface area contributed by atoms with Crippen molar-refractivity contribution in [3.05, 3.63) is 81.7 Å². The Morgan fingerprint density at radius 3 is 2.68 bits per heavy atom. The number of carbonyl (C=O) groups excluding carboxylic acids is 1. The summed E-state index contributed by atoms with van der Waals surface area (Å²) >= 11 is 2.97. The molecule has 2 aromatic carbocycles. The molecule has 1 N–H and O–H groups in total. The number of aromatic nitrogens is 1. The second kappa shape index (κ2) is 6.78. The van der Waals surface area contributed by atoms with Gasteiger partial charge in [0.15, 0.2) is 5.13 Å². The van der Waals surface area contributed by atoms with Crippen molar-refractivity contribution in [2.24, 2.45) is 0 Å². The standard InChI is InChI=1S/C20H16N2OS2/c1-13-6-8-14(9-7-13)12-16-15-4-2-3-5-17(15)25-18(16)19(23)22-20-21-10-11-24-20/h2-11H,12H2,1H3,(H,21,22,23). The van der Waals surface area contributed by atoms with Crippen LogP contribution in [0.25, 0.3) is 10.1 Å². The topological polar surface area (TPSA) is 42.0 Å². The van der Waals surface area contributed by atoms with Gasteiger partial charge >= 0.3 is 0 Å². The number of aryl methyl sites for hydroxylation is 1. The van der Waals surface area contributed by atoms with Crippen molar-refractivity contribution < 1.29 is 4.79 Å². The number of nitrogens with zero attached hydrogens (tertiary/aromatic N) is 1. The first-order valence-corrected chi connectivity index (χ1v) is 9.67. The van der Waals surface area contributed by atoms with Gasteiger partial charge < -0.3 is 0 Å². The van der Waals surface area contributed by atoms with Gasteiger partial charge in [-0.25, -0.2) is 4.98 Å². The third kappa shape index (κ3) is 3.34. The molecule has 2 aromatic heterocycles.